The molecular weight excluding hydrogens is 296 g/mol. The summed E-state index contributed by atoms with van der Waals surface area (Å²) < 4.78 is 4.80. The van der Waals surface area contributed by atoms with Crippen molar-refractivity contribution in [2.24, 2.45) is 5.73 Å². The first-order valence-corrected chi connectivity index (χ1v) is 7.26. The van der Waals surface area contributed by atoms with Gasteiger partial charge >= 0.3 is 5.97 Å². The van der Waals surface area contributed by atoms with E-state index in [-0.39, 0.29) is 13.0 Å². The smallest absolute Gasteiger partial charge is 0.326 e. The van der Waals surface area contributed by atoms with Crippen LogP contribution in [0.3, 0.4) is 0 Å². The van der Waals surface area contributed by atoms with Gasteiger partial charge in [-0.25, -0.2) is 4.79 Å². The van der Waals surface area contributed by atoms with Crippen LogP contribution in [-0.2, 0) is 20.7 Å². The van der Waals surface area contributed by atoms with Crippen molar-refractivity contribution in [3.63, 3.8) is 0 Å². The lowest BCUT2D eigenvalue weighted by atomic mass is 10.0. The van der Waals surface area contributed by atoms with Crippen LogP contribution < -0.4 is 11.1 Å². The van der Waals surface area contributed by atoms with Crippen LogP contribution in [0.5, 0.6) is 0 Å². The standard InChI is InChI=1S/C17H20N2O4/c1-23-10-14(18)16(20)19-15(17(21)22)9-11-6-7-12-4-2-3-5-13(12)8-11/h2-8,14-15H,9-10,18H2,1H3,(H,19,20)(H,21,22). The molecule has 6 nitrogen and oxygen atoms in total. The van der Waals surface area contributed by atoms with Crippen molar-refractivity contribution in [3.8, 4) is 0 Å². The number of carbonyl (C=O) groups is 2. The molecule has 0 heterocycles. The van der Waals surface area contributed by atoms with E-state index in [9.17, 15) is 14.7 Å². The zero-order valence-corrected chi connectivity index (χ0v) is 12.9. The number of hydrogen-bond donors (Lipinski definition) is 3. The molecule has 0 saturated carbocycles. The van der Waals surface area contributed by atoms with E-state index in [1.165, 1.54) is 7.11 Å². The molecule has 122 valence electrons. The zero-order valence-electron chi connectivity index (χ0n) is 12.9. The van der Waals surface area contributed by atoms with E-state index >= 15 is 0 Å². The van der Waals surface area contributed by atoms with Gasteiger partial charge in [0.1, 0.15) is 12.1 Å². The Balaban J connectivity index is 2.11. The predicted octanol–water partition coefficient (Wildman–Crippen LogP) is 0.925. The Morgan fingerprint density at radius 1 is 1.22 bits per heavy atom. The summed E-state index contributed by atoms with van der Waals surface area (Å²) in [6.07, 6.45) is 0.186. The predicted molar refractivity (Wildman–Crippen MR) is 87.1 cm³/mol. The lowest BCUT2D eigenvalue weighted by Crippen LogP contribution is -2.50. The average Bonchev–Trinajstić information content (AvgIpc) is 2.54. The number of carbonyl (C=O) groups excluding carboxylic acids is 1. The number of amides is 1. The molecule has 2 aromatic carbocycles. The van der Waals surface area contributed by atoms with Gasteiger partial charge < -0.3 is 20.9 Å². The summed E-state index contributed by atoms with van der Waals surface area (Å²) in [5.41, 5.74) is 6.44. The Morgan fingerprint density at radius 2 is 1.91 bits per heavy atom. The molecule has 0 aliphatic rings. The van der Waals surface area contributed by atoms with Crippen molar-refractivity contribution in [2.75, 3.05) is 13.7 Å². The molecule has 0 aliphatic heterocycles. The zero-order chi connectivity index (χ0) is 16.8. The van der Waals surface area contributed by atoms with E-state index in [1.54, 1.807) is 0 Å². The lowest BCUT2D eigenvalue weighted by Gasteiger charge is -2.17. The number of ether oxygens (including phenoxy) is 1. The van der Waals surface area contributed by atoms with E-state index in [2.05, 4.69) is 5.32 Å². The number of nitrogens with two attached hydrogens (primary N) is 1. The summed E-state index contributed by atoms with van der Waals surface area (Å²) in [5, 5.41) is 13.9. The second-order valence-corrected chi connectivity index (χ2v) is 5.35. The fraction of sp³-hybridized carbons (Fsp3) is 0.294. The van der Waals surface area contributed by atoms with Crippen molar-refractivity contribution in [1.82, 2.24) is 5.32 Å². The molecule has 0 fully saturated rings. The van der Waals surface area contributed by atoms with Gasteiger partial charge in [-0.3, -0.25) is 4.79 Å². The summed E-state index contributed by atoms with van der Waals surface area (Å²) >= 11 is 0. The molecule has 0 aromatic heterocycles. The van der Waals surface area contributed by atoms with Crippen molar-refractivity contribution >= 4 is 22.6 Å². The van der Waals surface area contributed by atoms with Crippen molar-refractivity contribution in [1.29, 1.82) is 0 Å². The van der Waals surface area contributed by atoms with Crippen LogP contribution in [-0.4, -0.2) is 42.8 Å². The number of benzene rings is 2. The molecular formula is C17H20N2O4. The maximum atomic E-state index is 11.9. The Bertz CT molecular complexity index is 702. The summed E-state index contributed by atoms with van der Waals surface area (Å²) in [4.78, 5) is 23.3. The van der Waals surface area contributed by atoms with Gasteiger partial charge in [-0.05, 0) is 16.3 Å². The van der Waals surface area contributed by atoms with Gasteiger partial charge in [0.05, 0.1) is 6.61 Å². The summed E-state index contributed by atoms with van der Waals surface area (Å²) in [5.74, 6) is -1.64. The molecule has 4 N–H and O–H groups in total. The monoisotopic (exact) mass is 316 g/mol. The molecule has 0 radical (unpaired) electrons. The minimum absolute atomic E-state index is 0.0359. The number of methoxy groups -OCH3 is 1. The van der Waals surface area contributed by atoms with Gasteiger partial charge in [-0.15, -0.1) is 0 Å². The van der Waals surface area contributed by atoms with Crippen molar-refractivity contribution in [2.45, 2.75) is 18.5 Å². The van der Waals surface area contributed by atoms with Gasteiger partial charge in [0, 0.05) is 13.5 Å². The van der Waals surface area contributed by atoms with Crippen LogP contribution in [0.25, 0.3) is 10.8 Å². The first kappa shape index (κ1) is 16.9. The number of hydrogen-bond acceptors (Lipinski definition) is 4. The molecule has 6 heteroatoms. The van der Waals surface area contributed by atoms with Crippen LogP contribution in [0.1, 0.15) is 5.56 Å². The normalized spacial score (nSPS) is 13.5. The summed E-state index contributed by atoms with van der Waals surface area (Å²) in [7, 11) is 1.43. The highest BCUT2D eigenvalue weighted by atomic mass is 16.5. The van der Waals surface area contributed by atoms with Crippen LogP contribution in [0.15, 0.2) is 42.5 Å². The highest BCUT2D eigenvalue weighted by Crippen LogP contribution is 2.16. The van der Waals surface area contributed by atoms with Crippen LogP contribution in [0.4, 0.5) is 0 Å². The third-order valence-corrected chi connectivity index (χ3v) is 3.55. The molecule has 23 heavy (non-hydrogen) atoms. The number of nitrogens with one attached hydrogen (secondary N) is 1. The maximum absolute atomic E-state index is 11.9. The van der Waals surface area contributed by atoms with Crippen LogP contribution >= 0.6 is 0 Å². The molecule has 2 aromatic rings. The summed E-state index contributed by atoms with van der Waals surface area (Å²) in [6.45, 7) is 0.0359. The largest absolute Gasteiger partial charge is 0.480 e. The van der Waals surface area contributed by atoms with Gasteiger partial charge in [-0.1, -0.05) is 42.5 Å². The van der Waals surface area contributed by atoms with Gasteiger partial charge in [-0.2, -0.15) is 0 Å². The minimum Gasteiger partial charge on any atom is -0.480 e. The third-order valence-electron chi connectivity index (χ3n) is 3.55. The molecule has 0 aliphatic carbocycles. The number of carboxylic acid groups (broad SMARTS) is 1. The first-order chi connectivity index (χ1) is 11.0. The van der Waals surface area contributed by atoms with Crippen LogP contribution in [0, 0.1) is 0 Å². The number of aliphatic carboxylic acids is 1. The van der Waals surface area contributed by atoms with E-state index in [4.69, 9.17) is 10.5 Å². The topological polar surface area (TPSA) is 102 Å². The molecule has 0 spiro atoms. The van der Waals surface area contributed by atoms with Crippen molar-refractivity contribution in [3.05, 3.63) is 48.0 Å². The van der Waals surface area contributed by atoms with Gasteiger partial charge in [0.15, 0.2) is 0 Å². The number of carboxylic acids is 1. The van der Waals surface area contributed by atoms with Gasteiger partial charge in [0.2, 0.25) is 5.91 Å². The molecule has 0 saturated heterocycles. The molecule has 2 unspecified atom stereocenters. The highest BCUT2D eigenvalue weighted by Gasteiger charge is 2.23. The Kier molecular flexibility index (Phi) is 5.67. The van der Waals surface area contributed by atoms with E-state index in [1.807, 2.05) is 42.5 Å². The second kappa shape index (κ2) is 7.71. The molecule has 1 amide bonds. The Labute approximate surface area is 134 Å². The second-order valence-electron chi connectivity index (χ2n) is 5.35. The third kappa shape index (κ3) is 4.51. The average molecular weight is 316 g/mol. The Hall–Kier alpha value is -2.44. The first-order valence-electron chi connectivity index (χ1n) is 7.26. The van der Waals surface area contributed by atoms with Crippen LogP contribution in [0.2, 0.25) is 0 Å². The fourth-order valence-corrected chi connectivity index (χ4v) is 2.34. The van der Waals surface area contributed by atoms with E-state index < -0.39 is 24.0 Å². The van der Waals surface area contributed by atoms with E-state index in [0.29, 0.717) is 0 Å². The molecule has 2 rings (SSSR count). The Morgan fingerprint density at radius 3 is 2.57 bits per heavy atom. The minimum atomic E-state index is -1.10. The number of fused-ring (bicyclic) bond motifs is 1. The molecule has 0 bridgehead atoms. The highest BCUT2D eigenvalue weighted by molar-refractivity contribution is 5.87. The maximum Gasteiger partial charge on any atom is 0.326 e. The van der Waals surface area contributed by atoms with E-state index in [0.717, 1.165) is 16.3 Å². The van der Waals surface area contributed by atoms with Crippen molar-refractivity contribution < 1.29 is 19.4 Å². The van der Waals surface area contributed by atoms with Gasteiger partial charge in [0.25, 0.3) is 0 Å². The number of rotatable bonds is 7. The lowest BCUT2D eigenvalue weighted by molar-refractivity contribution is -0.142. The SMILES string of the molecule is COCC(N)C(=O)NC(Cc1ccc2ccccc2c1)C(=O)O. The summed E-state index contributed by atoms with van der Waals surface area (Å²) in [6, 6.07) is 11.6. The molecule has 2 atom stereocenters. The fourth-order valence-electron chi connectivity index (χ4n) is 2.34. The quantitative estimate of drug-likeness (QED) is 0.705.